The van der Waals surface area contributed by atoms with E-state index in [-0.39, 0.29) is 19.3 Å². The second-order valence-electron chi connectivity index (χ2n) is 6.15. The molecule has 0 aliphatic carbocycles. The quantitative estimate of drug-likeness (QED) is 0.404. The van der Waals surface area contributed by atoms with Crippen molar-refractivity contribution in [2.75, 3.05) is 26.7 Å². The molecule has 3 rings (SSSR count). The predicted molar refractivity (Wildman–Crippen MR) is 107 cm³/mol. The molecule has 0 bridgehead atoms. The van der Waals surface area contributed by atoms with E-state index in [1.807, 2.05) is 30.5 Å². The minimum Gasteiger partial charge on any atom is -0.454 e. The summed E-state index contributed by atoms with van der Waals surface area (Å²) >= 11 is 1.67. The molecule has 0 spiro atoms. The number of carbonyl (C=O) groups excluding carboxylic acids is 2. The van der Waals surface area contributed by atoms with Crippen molar-refractivity contribution in [2.24, 2.45) is 0 Å². The minimum absolute atomic E-state index is 0.196. The number of likely N-dealkylation sites (N-methyl/N-ethyl adjacent to an activating group) is 1. The Labute approximate surface area is 168 Å². The molecule has 0 unspecified atom stereocenters. The van der Waals surface area contributed by atoms with Gasteiger partial charge in [0.2, 0.25) is 6.79 Å². The highest BCUT2D eigenvalue weighted by atomic mass is 32.2. The van der Waals surface area contributed by atoms with Gasteiger partial charge in [-0.3, -0.25) is 4.79 Å². The molecule has 2 aromatic rings. The first-order valence-corrected chi connectivity index (χ1v) is 9.89. The molecule has 0 saturated heterocycles. The van der Waals surface area contributed by atoms with Crippen molar-refractivity contribution in [3.8, 4) is 11.5 Å². The van der Waals surface area contributed by atoms with Crippen molar-refractivity contribution < 1.29 is 23.8 Å². The zero-order valence-electron chi connectivity index (χ0n) is 15.7. The second-order valence-corrected chi connectivity index (χ2v) is 7.03. The maximum absolute atomic E-state index is 12.2. The van der Waals surface area contributed by atoms with Gasteiger partial charge in [0.1, 0.15) is 0 Å². The Hall–Kier alpha value is -2.93. The molecular weight excluding hydrogens is 378 g/mol. The summed E-state index contributed by atoms with van der Waals surface area (Å²) in [5.41, 5.74) is 1.79. The van der Waals surface area contributed by atoms with E-state index < -0.39 is 5.97 Å². The van der Waals surface area contributed by atoms with Crippen molar-refractivity contribution >= 4 is 29.7 Å². The van der Waals surface area contributed by atoms with Gasteiger partial charge in [-0.2, -0.15) is 0 Å². The lowest BCUT2D eigenvalue weighted by atomic mass is 10.2. The van der Waals surface area contributed by atoms with Crippen molar-refractivity contribution in [3.05, 3.63) is 59.7 Å². The third-order valence-electron chi connectivity index (χ3n) is 4.15. The van der Waals surface area contributed by atoms with Crippen LogP contribution in [0.4, 0.5) is 0 Å². The van der Waals surface area contributed by atoms with Crippen LogP contribution in [-0.2, 0) is 20.9 Å². The van der Waals surface area contributed by atoms with E-state index in [9.17, 15) is 9.59 Å². The molecule has 1 amide bonds. The van der Waals surface area contributed by atoms with Crippen LogP contribution in [0.25, 0.3) is 6.08 Å². The Morgan fingerprint density at radius 1 is 1.14 bits per heavy atom. The van der Waals surface area contributed by atoms with Gasteiger partial charge < -0.3 is 19.1 Å². The number of thioether (sulfide) groups is 1. The van der Waals surface area contributed by atoms with Gasteiger partial charge in [0.15, 0.2) is 18.1 Å². The van der Waals surface area contributed by atoms with E-state index in [0.29, 0.717) is 18.0 Å². The van der Waals surface area contributed by atoms with Gasteiger partial charge >= 0.3 is 5.97 Å². The largest absolute Gasteiger partial charge is 0.454 e. The van der Waals surface area contributed by atoms with E-state index in [0.717, 1.165) is 11.1 Å². The molecule has 0 saturated carbocycles. The van der Waals surface area contributed by atoms with Gasteiger partial charge in [0.05, 0.1) is 0 Å². The SMILES string of the molecule is CSc1ccc(CN(C)C(=O)COC(=O)/C=C/c2ccc3c(c2)OCO3)cc1. The molecule has 1 aliphatic rings. The zero-order valence-corrected chi connectivity index (χ0v) is 16.5. The third-order valence-corrected chi connectivity index (χ3v) is 4.89. The lowest BCUT2D eigenvalue weighted by Crippen LogP contribution is -2.30. The Kier molecular flexibility index (Phi) is 6.60. The normalized spacial score (nSPS) is 12.2. The van der Waals surface area contributed by atoms with E-state index in [4.69, 9.17) is 14.2 Å². The Morgan fingerprint density at radius 2 is 1.89 bits per heavy atom. The molecular formula is C21H21NO5S. The van der Waals surface area contributed by atoms with Crippen LogP contribution in [0.15, 0.2) is 53.4 Å². The summed E-state index contributed by atoms with van der Waals surface area (Å²) in [5.74, 6) is 0.469. The van der Waals surface area contributed by atoms with Crippen molar-refractivity contribution in [1.29, 1.82) is 0 Å². The van der Waals surface area contributed by atoms with Crippen LogP contribution in [-0.4, -0.2) is 43.5 Å². The number of amides is 1. The van der Waals surface area contributed by atoms with E-state index in [1.165, 1.54) is 15.9 Å². The van der Waals surface area contributed by atoms with Gasteiger partial charge in [0, 0.05) is 24.6 Å². The second kappa shape index (κ2) is 9.32. The molecule has 7 heteroatoms. The molecule has 28 heavy (non-hydrogen) atoms. The summed E-state index contributed by atoms with van der Waals surface area (Å²) in [4.78, 5) is 26.7. The summed E-state index contributed by atoms with van der Waals surface area (Å²) in [7, 11) is 1.68. The van der Waals surface area contributed by atoms with E-state index in [2.05, 4.69) is 0 Å². The summed E-state index contributed by atoms with van der Waals surface area (Å²) in [6, 6.07) is 13.3. The highest BCUT2D eigenvalue weighted by Crippen LogP contribution is 2.32. The molecule has 1 heterocycles. The third kappa shape index (κ3) is 5.29. The van der Waals surface area contributed by atoms with Gasteiger partial charge in [-0.25, -0.2) is 4.79 Å². The van der Waals surface area contributed by atoms with Crippen LogP contribution in [0, 0.1) is 0 Å². The smallest absolute Gasteiger partial charge is 0.331 e. The number of benzene rings is 2. The summed E-state index contributed by atoms with van der Waals surface area (Å²) in [6.07, 6.45) is 4.90. The van der Waals surface area contributed by atoms with Gasteiger partial charge in [-0.1, -0.05) is 18.2 Å². The van der Waals surface area contributed by atoms with Crippen molar-refractivity contribution in [1.82, 2.24) is 4.90 Å². The van der Waals surface area contributed by atoms with Crippen LogP contribution in [0.5, 0.6) is 11.5 Å². The van der Waals surface area contributed by atoms with E-state index in [1.54, 1.807) is 43.1 Å². The van der Waals surface area contributed by atoms with Gasteiger partial charge in [0.25, 0.3) is 5.91 Å². The maximum Gasteiger partial charge on any atom is 0.331 e. The number of fused-ring (bicyclic) bond motifs is 1. The monoisotopic (exact) mass is 399 g/mol. The molecule has 6 nitrogen and oxygen atoms in total. The van der Waals surface area contributed by atoms with Crippen LogP contribution < -0.4 is 9.47 Å². The predicted octanol–water partition coefficient (Wildman–Crippen LogP) is 3.35. The lowest BCUT2D eigenvalue weighted by Gasteiger charge is -2.17. The number of nitrogens with zero attached hydrogens (tertiary/aromatic N) is 1. The fourth-order valence-corrected chi connectivity index (χ4v) is 2.97. The highest BCUT2D eigenvalue weighted by molar-refractivity contribution is 7.98. The minimum atomic E-state index is -0.580. The molecule has 1 aliphatic heterocycles. The molecule has 146 valence electrons. The first-order chi connectivity index (χ1) is 13.5. The fourth-order valence-electron chi connectivity index (χ4n) is 2.57. The zero-order chi connectivity index (χ0) is 19.9. The Balaban J connectivity index is 1.45. The molecule has 0 N–H and O–H groups in total. The first-order valence-electron chi connectivity index (χ1n) is 8.66. The average Bonchev–Trinajstić information content (AvgIpc) is 3.18. The van der Waals surface area contributed by atoms with Crippen LogP contribution in [0.3, 0.4) is 0 Å². The number of hydrogen-bond acceptors (Lipinski definition) is 6. The topological polar surface area (TPSA) is 65.1 Å². The number of rotatable bonds is 7. The van der Waals surface area contributed by atoms with Crippen LogP contribution in [0.2, 0.25) is 0 Å². The van der Waals surface area contributed by atoms with Gasteiger partial charge in [-0.15, -0.1) is 11.8 Å². The number of ether oxygens (including phenoxy) is 3. The van der Waals surface area contributed by atoms with Gasteiger partial charge in [-0.05, 0) is 47.7 Å². The number of esters is 1. The summed E-state index contributed by atoms with van der Waals surface area (Å²) < 4.78 is 15.6. The molecule has 2 aromatic carbocycles. The van der Waals surface area contributed by atoms with Crippen LogP contribution >= 0.6 is 11.8 Å². The van der Waals surface area contributed by atoms with Crippen molar-refractivity contribution in [2.45, 2.75) is 11.4 Å². The molecule has 0 radical (unpaired) electrons. The first kappa shape index (κ1) is 19.8. The van der Waals surface area contributed by atoms with E-state index >= 15 is 0 Å². The molecule has 0 fully saturated rings. The van der Waals surface area contributed by atoms with Crippen LogP contribution in [0.1, 0.15) is 11.1 Å². The summed E-state index contributed by atoms with van der Waals surface area (Å²) in [6.45, 7) is 0.351. The fraction of sp³-hybridized carbons (Fsp3) is 0.238. The number of hydrogen-bond donors (Lipinski definition) is 0. The van der Waals surface area contributed by atoms with Crippen molar-refractivity contribution in [3.63, 3.8) is 0 Å². The molecule has 0 aromatic heterocycles. The summed E-state index contributed by atoms with van der Waals surface area (Å²) in [5, 5.41) is 0. The number of carbonyl (C=O) groups is 2. The lowest BCUT2D eigenvalue weighted by molar-refractivity contribution is -0.147. The Bertz CT molecular complexity index is 879. The average molecular weight is 399 g/mol. The highest BCUT2D eigenvalue weighted by Gasteiger charge is 2.13. The Morgan fingerprint density at radius 3 is 2.64 bits per heavy atom. The standard InChI is InChI=1S/C21H21NO5S/c1-22(12-16-3-7-17(28-2)8-4-16)20(23)13-25-21(24)10-6-15-5-9-18-19(11-15)27-14-26-18/h3-11H,12-14H2,1-2H3/b10-6+. The maximum atomic E-state index is 12.2. The molecule has 0 atom stereocenters.